The summed E-state index contributed by atoms with van der Waals surface area (Å²) in [5.41, 5.74) is 5.29. The molecule has 7 heteroatoms. The summed E-state index contributed by atoms with van der Waals surface area (Å²) in [6, 6.07) is 21.0. The Morgan fingerprint density at radius 1 is 1.00 bits per heavy atom. The van der Waals surface area contributed by atoms with Crippen LogP contribution in [0.1, 0.15) is 55.1 Å². The van der Waals surface area contributed by atoms with Gasteiger partial charge in [-0.05, 0) is 91.6 Å². The van der Waals surface area contributed by atoms with Crippen LogP contribution >= 0.6 is 12.2 Å². The van der Waals surface area contributed by atoms with E-state index in [1.54, 1.807) is 24.3 Å². The van der Waals surface area contributed by atoms with Crippen LogP contribution < -0.4 is 15.4 Å². The molecule has 0 radical (unpaired) electrons. The minimum Gasteiger partial charge on any atom is -0.491 e. The van der Waals surface area contributed by atoms with Crippen molar-refractivity contribution in [3.05, 3.63) is 83.4 Å². The lowest BCUT2D eigenvalue weighted by atomic mass is 10.0. The first-order valence-electron chi connectivity index (χ1n) is 11.6. The van der Waals surface area contributed by atoms with Gasteiger partial charge in [0.1, 0.15) is 11.3 Å². The van der Waals surface area contributed by atoms with Crippen molar-refractivity contribution in [1.29, 1.82) is 0 Å². The molecule has 0 aliphatic heterocycles. The van der Waals surface area contributed by atoms with Gasteiger partial charge in [-0.15, -0.1) is 0 Å². The highest BCUT2D eigenvalue weighted by Crippen LogP contribution is 2.27. The molecule has 0 aliphatic carbocycles. The van der Waals surface area contributed by atoms with Gasteiger partial charge in [-0.3, -0.25) is 10.1 Å². The van der Waals surface area contributed by atoms with Gasteiger partial charge in [0.05, 0.1) is 6.10 Å². The van der Waals surface area contributed by atoms with Crippen molar-refractivity contribution in [2.45, 2.75) is 46.3 Å². The number of ether oxygens (including phenoxy) is 1. The van der Waals surface area contributed by atoms with Crippen molar-refractivity contribution in [3.63, 3.8) is 0 Å². The zero-order chi connectivity index (χ0) is 24.9. The number of rotatable bonds is 7. The number of oxazole rings is 1. The number of nitrogens with one attached hydrogen (secondary N) is 2. The highest BCUT2D eigenvalue weighted by Gasteiger charge is 2.11. The Morgan fingerprint density at radius 2 is 1.71 bits per heavy atom. The fourth-order valence-corrected chi connectivity index (χ4v) is 3.72. The van der Waals surface area contributed by atoms with Crippen molar-refractivity contribution < 1.29 is 13.9 Å². The van der Waals surface area contributed by atoms with E-state index in [1.807, 2.05) is 44.2 Å². The molecule has 0 fully saturated rings. The largest absolute Gasteiger partial charge is 0.491 e. The van der Waals surface area contributed by atoms with Crippen molar-refractivity contribution in [1.82, 2.24) is 15.6 Å². The summed E-state index contributed by atoms with van der Waals surface area (Å²) in [4.78, 5) is 17.1. The number of benzene rings is 3. The summed E-state index contributed by atoms with van der Waals surface area (Å²) in [5.74, 6) is 1.48. The van der Waals surface area contributed by atoms with Gasteiger partial charge in [0, 0.05) is 17.7 Å². The van der Waals surface area contributed by atoms with Crippen LogP contribution in [0, 0.1) is 0 Å². The van der Waals surface area contributed by atoms with Gasteiger partial charge in [0.2, 0.25) is 5.89 Å². The first kappa shape index (κ1) is 24.4. The Labute approximate surface area is 210 Å². The summed E-state index contributed by atoms with van der Waals surface area (Å²) in [7, 11) is 0. The summed E-state index contributed by atoms with van der Waals surface area (Å²) in [5, 5.41) is 6.04. The van der Waals surface area contributed by atoms with E-state index < -0.39 is 0 Å². The monoisotopic (exact) mass is 487 g/mol. The molecule has 4 aromatic rings. The molecule has 1 amide bonds. The molecule has 3 aromatic carbocycles. The lowest BCUT2D eigenvalue weighted by molar-refractivity contribution is 0.0976. The summed E-state index contributed by atoms with van der Waals surface area (Å²) >= 11 is 5.29. The van der Waals surface area contributed by atoms with Gasteiger partial charge in [0.25, 0.3) is 5.91 Å². The third kappa shape index (κ3) is 6.25. The molecule has 0 spiro atoms. The van der Waals surface area contributed by atoms with Crippen molar-refractivity contribution in [2.75, 3.05) is 0 Å². The third-order valence-corrected chi connectivity index (χ3v) is 5.69. The Hall–Kier alpha value is -3.71. The molecule has 4 rings (SSSR count). The van der Waals surface area contributed by atoms with Gasteiger partial charge in [-0.1, -0.05) is 32.0 Å². The average Bonchev–Trinajstić information content (AvgIpc) is 3.26. The van der Waals surface area contributed by atoms with E-state index in [2.05, 4.69) is 41.6 Å². The topological polar surface area (TPSA) is 76.4 Å². The summed E-state index contributed by atoms with van der Waals surface area (Å²) in [6.07, 6.45) is 0.0772. The summed E-state index contributed by atoms with van der Waals surface area (Å²) in [6.45, 7) is 8.71. The van der Waals surface area contributed by atoms with Gasteiger partial charge >= 0.3 is 0 Å². The van der Waals surface area contributed by atoms with E-state index in [0.717, 1.165) is 28.0 Å². The fourth-order valence-electron chi connectivity index (χ4n) is 3.55. The zero-order valence-corrected chi connectivity index (χ0v) is 21.1. The van der Waals surface area contributed by atoms with Crippen molar-refractivity contribution in [3.8, 4) is 17.2 Å². The number of fused-ring (bicyclic) bond motifs is 1. The second-order valence-corrected chi connectivity index (χ2v) is 9.33. The van der Waals surface area contributed by atoms with Gasteiger partial charge in [0.15, 0.2) is 10.7 Å². The number of hydrogen-bond donors (Lipinski definition) is 2. The lowest BCUT2D eigenvalue weighted by Crippen LogP contribution is -2.38. The molecule has 0 atom stereocenters. The smallest absolute Gasteiger partial charge is 0.257 e. The number of amides is 1. The van der Waals surface area contributed by atoms with E-state index in [4.69, 9.17) is 21.4 Å². The molecule has 6 nitrogen and oxygen atoms in total. The van der Waals surface area contributed by atoms with Crippen LogP contribution in [-0.4, -0.2) is 22.1 Å². The van der Waals surface area contributed by atoms with E-state index in [1.165, 1.54) is 5.56 Å². The summed E-state index contributed by atoms with van der Waals surface area (Å²) < 4.78 is 11.5. The molecule has 0 saturated carbocycles. The number of carbonyl (C=O) groups is 1. The number of hydrogen-bond acceptors (Lipinski definition) is 5. The van der Waals surface area contributed by atoms with Gasteiger partial charge in [-0.2, -0.15) is 0 Å². The number of thiocarbonyl (C=S) groups is 1. The molecule has 0 saturated heterocycles. The maximum atomic E-state index is 12.4. The lowest BCUT2D eigenvalue weighted by Gasteiger charge is -2.11. The first-order valence-corrected chi connectivity index (χ1v) is 12.0. The Kier molecular flexibility index (Phi) is 7.46. The van der Waals surface area contributed by atoms with Crippen LogP contribution in [0.5, 0.6) is 5.75 Å². The maximum absolute atomic E-state index is 12.4. The molecule has 2 N–H and O–H groups in total. The quantitative estimate of drug-likeness (QED) is 0.302. The highest BCUT2D eigenvalue weighted by atomic mass is 32.1. The second kappa shape index (κ2) is 10.7. The van der Waals surface area contributed by atoms with E-state index in [-0.39, 0.29) is 17.1 Å². The third-order valence-electron chi connectivity index (χ3n) is 5.45. The molecule has 180 valence electrons. The number of aromatic nitrogens is 1. The molecular weight excluding hydrogens is 458 g/mol. The predicted molar refractivity (Wildman–Crippen MR) is 143 cm³/mol. The zero-order valence-electron chi connectivity index (χ0n) is 20.3. The minimum atomic E-state index is -0.273. The number of nitrogens with zero attached hydrogens (tertiary/aromatic N) is 1. The van der Waals surface area contributed by atoms with Crippen LogP contribution in [0.2, 0.25) is 0 Å². The minimum absolute atomic E-state index is 0.0772. The normalized spacial score (nSPS) is 11.1. The molecule has 35 heavy (non-hydrogen) atoms. The average molecular weight is 488 g/mol. The van der Waals surface area contributed by atoms with Crippen LogP contribution in [0.25, 0.3) is 22.6 Å². The molecule has 1 aromatic heterocycles. The SMILES string of the molecule is CC(C)Oc1ccc(C(=O)NC(=S)NCc2ccc(-c3nc4cc(C(C)C)ccc4o3)cc2)cc1. The fraction of sp³-hybridized carbons (Fsp3) is 0.250. The maximum Gasteiger partial charge on any atom is 0.257 e. The molecule has 0 unspecified atom stereocenters. The second-order valence-electron chi connectivity index (χ2n) is 8.93. The van der Waals surface area contributed by atoms with Crippen molar-refractivity contribution >= 4 is 34.3 Å². The molecule has 1 heterocycles. The highest BCUT2D eigenvalue weighted by molar-refractivity contribution is 7.80. The Balaban J connectivity index is 1.32. The Bertz CT molecular complexity index is 1330. The molecule has 0 aliphatic rings. The van der Waals surface area contributed by atoms with Gasteiger partial charge in [-0.25, -0.2) is 4.98 Å². The Morgan fingerprint density at radius 3 is 2.37 bits per heavy atom. The first-order chi connectivity index (χ1) is 16.8. The van der Waals surface area contributed by atoms with E-state index >= 15 is 0 Å². The standard InChI is InChI=1S/C28H29N3O3S/c1-17(2)22-11-14-25-24(15-22)30-27(34-25)21-7-5-19(6-8-21)16-29-28(35)31-26(32)20-9-12-23(13-10-20)33-18(3)4/h5-15,17-18H,16H2,1-4H3,(H2,29,31,32,35). The van der Waals surface area contributed by atoms with Crippen LogP contribution in [0.4, 0.5) is 0 Å². The van der Waals surface area contributed by atoms with Crippen LogP contribution in [0.15, 0.2) is 71.1 Å². The van der Waals surface area contributed by atoms with Crippen LogP contribution in [-0.2, 0) is 6.54 Å². The predicted octanol–water partition coefficient (Wildman–Crippen LogP) is 6.21. The van der Waals surface area contributed by atoms with E-state index in [0.29, 0.717) is 23.9 Å². The van der Waals surface area contributed by atoms with Crippen molar-refractivity contribution in [2.24, 2.45) is 0 Å². The van der Waals surface area contributed by atoms with Crippen LogP contribution in [0.3, 0.4) is 0 Å². The van der Waals surface area contributed by atoms with E-state index in [9.17, 15) is 4.79 Å². The number of carbonyl (C=O) groups excluding carboxylic acids is 1. The molecular formula is C28H29N3O3S. The molecule has 0 bridgehead atoms. The van der Waals surface area contributed by atoms with Gasteiger partial charge < -0.3 is 14.5 Å².